The summed E-state index contributed by atoms with van der Waals surface area (Å²) in [4.78, 5) is 12.4. The van der Waals surface area contributed by atoms with E-state index in [2.05, 4.69) is 10.2 Å². The molecule has 0 bridgehead atoms. The van der Waals surface area contributed by atoms with Crippen molar-refractivity contribution in [2.45, 2.75) is 19.4 Å². The molecule has 0 saturated carbocycles. The second kappa shape index (κ2) is 4.96. The topological polar surface area (TPSA) is 32.3 Å². The van der Waals surface area contributed by atoms with Gasteiger partial charge in [0.05, 0.1) is 0 Å². The first-order valence-corrected chi connectivity index (χ1v) is 5.52. The summed E-state index contributed by atoms with van der Waals surface area (Å²) in [6.07, 6.45) is 2.90. The number of hydrogen-bond acceptors (Lipinski definition) is 2. The lowest BCUT2D eigenvalue weighted by Crippen LogP contribution is -2.22. The minimum absolute atomic E-state index is 0.251. The number of nitrogens with one attached hydrogen (secondary N) is 1. The smallest absolute Gasteiger partial charge is 0.207 e. The molecule has 3 nitrogen and oxygen atoms in total. The van der Waals surface area contributed by atoms with Crippen molar-refractivity contribution in [1.82, 2.24) is 5.32 Å². The van der Waals surface area contributed by atoms with Gasteiger partial charge in [0.25, 0.3) is 0 Å². The number of rotatable bonds is 4. The normalized spacial score (nSPS) is 15.2. The van der Waals surface area contributed by atoms with Crippen LogP contribution in [0, 0.1) is 5.82 Å². The second-order valence-electron chi connectivity index (χ2n) is 3.93. The first-order valence-electron chi connectivity index (χ1n) is 5.52. The number of nitrogens with zero attached hydrogens (tertiary/aromatic N) is 1. The molecule has 1 saturated heterocycles. The molecule has 1 amide bonds. The summed E-state index contributed by atoms with van der Waals surface area (Å²) in [5.41, 5.74) is 1.49. The molecule has 1 aliphatic heterocycles. The van der Waals surface area contributed by atoms with Crippen molar-refractivity contribution < 1.29 is 9.18 Å². The number of hydrogen-bond donors (Lipinski definition) is 1. The zero-order chi connectivity index (χ0) is 11.4. The lowest BCUT2D eigenvalue weighted by molar-refractivity contribution is -0.109. The van der Waals surface area contributed by atoms with Crippen LogP contribution in [0.15, 0.2) is 18.2 Å². The molecule has 1 aromatic carbocycles. The van der Waals surface area contributed by atoms with Crippen molar-refractivity contribution in [3.63, 3.8) is 0 Å². The molecule has 1 N–H and O–H groups in total. The molecule has 1 aromatic rings. The van der Waals surface area contributed by atoms with E-state index in [0.717, 1.165) is 31.6 Å². The Bertz CT molecular complexity index is 375. The van der Waals surface area contributed by atoms with Crippen molar-refractivity contribution in [3.8, 4) is 0 Å². The van der Waals surface area contributed by atoms with Crippen LogP contribution in [-0.4, -0.2) is 19.5 Å². The van der Waals surface area contributed by atoms with Crippen LogP contribution >= 0.6 is 0 Å². The largest absolute Gasteiger partial charge is 0.371 e. The summed E-state index contributed by atoms with van der Waals surface area (Å²) in [5.74, 6) is -0.251. The van der Waals surface area contributed by atoms with E-state index in [0.29, 0.717) is 12.0 Å². The molecule has 1 fully saturated rings. The Balaban J connectivity index is 2.27. The number of amides is 1. The highest BCUT2D eigenvalue weighted by molar-refractivity contribution is 5.56. The van der Waals surface area contributed by atoms with Gasteiger partial charge in [-0.3, -0.25) is 4.79 Å². The van der Waals surface area contributed by atoms with Crippen LogP contribution in [0.1, 0.15) is 18.4 Å². The van der Waals surface area contributed by atoms with E-state index in [9.17, 15) is 9.18 Å². The number of carbonyl (C=O) groups excluding carboxylic acids is 1. The van der Waals surface area contributed by atoms with Crippen LogP contribution in [0.3, 0.4) is 0 Å². The zero-order valence-corrected chi connectivity index (χ0v) is 9.08. The summed E-state index contributed by atoms with van der Waals surface area (Å²) in [7, 11) is 0. The number of carbonyl (C=O) groups is 1. The lowest BCUT2D eigenvalue weighted by atomic mass is 10.1. The van der Waals surface area contributed by atoms with Gasteiger partial charge in [0.2, 0.25) is 6.41 Å². The van der Waals surface area contributed by atoms with Gasteiger partial charge in [-0.2, -0.15) is 0 Å². The van der Waals surface area contributed by atoms with E-state index in [1.807, 2.05) is 6.07 Å². The molecular formula is C12H15FN2O. The number of benzene rings is 1. The lowest BCUT2D eigenvalue weighted by Gasteiger charge is -2.21. The molecular weight excluding hydrogens is 207 g/mol. The fourth-order valence-corrected chi connectivity index (χ4v) is 2.12. The van der Waals surface area contributed by atoms with Gasteiger partial charge in [-0.25, -0.2) is 4.39 Å². The van der Waals surface area contributed by atoms with Crippen molar-refractivity contribution in [1.29, 1.82) is 0 Å². The maximum Gasteiger partial charge on any atom is 0.207 e. The van der Waals surface area contributed by atoms with Crippen molar-refractivity contribution >= 4 is 12.1 Å². The van der Waals surface area contributed by atoms with Gasteiger partial charge in [-0.15, -0.1) is 0 Å². The third kappa shape index (κ3) is 2.15. The van der Waals surface area contributed by atoms with Crippen LogP contribution in [0.5, 0.6) is 0 Å². The standard InChI is InChI=1S/C12H15FN2O/c13-11-4-3-5-12(10(11)8-14-9-16)15-6-1-2-7-15/h3-5,9H,1-2,6-8H2,(H,14,16). The molecule has 0 unspecified atom stereocenters. The Hall–Kier alpha value is -1.58. The van der Waals surface area contributed by atoms with E-state index in [1.54, 1.807) is 6.07 Å². The highest BCUT2D eigenvalue weighted by Gasteiger charge is 2.17. The van der Waals surface area contributed by atoms with E-state index >= 15 is 0 Å². The second-order valence-corrected chi connectivity index (χ2v) is 3.93. The molecule has 0 aromatic heterocycles. The minimum atomic E-state index is -0.251. The maximum absolute atomic E-state index is 13.6. The summed E-state index contributed by atoms with van der Waals surface area (Å²) in [6, 6.07) is 5.06. The maximum atomic E-state index is 13.6. The zero-order valence-electron chi connectivity index (χ0n) is 9.08. The van der Waals surface area contributed by atoms with Gasteiger partial charge in [0, 0.05) is 30.9 Å². The van der Waals surface area contributed by atoms with Gasteiger partial charge < -0.3 is 10.2 Å². The Kier molecular flexibility index (Phi) is 3.39. The van der Waals surface area contributed by atoms with E-state index < -0.39 is 0 Å². The van der Waals surface area contributed by atoms with Gasteiger partial charge in [0.15, 0.2) is 0 Å². The van der Waals surface area contributed by atoms with Gasteiger partial charge in [0.1, 0.15) is 5.82 Å². The first kappa shape index (κ1) is 10.9. The Labute approximate surface area is 94.3 Å². The molecule has 16 heavy (non-hydrogen) atoms. The molecule has 2 rings (SSSR count). The highest BCUT2D eigenvalue weighted by atomic mass is 19.1. The predicted octanol–water partition coefficient (Wildman–Crippen LogP) is 1.67. The molecule has 86 valence electrons. The average molecular weight is 222 g/mol. The van der Waals surface area contributed by atoms with Crippen LogP contribution in [0.2, 0.25) is 0 Å². The fraction of sp³-hybridized carbons (Fsp3) is 0.417. The fourth-order valence-electron chi connectivity index (χ4n) is 2.12. The summed E-state index contributed by atoms with van der Waals surface area (Å²) in [5, 5.41) is 2.52. The minimum Gasteiger partial charge on any atom is -0.371 e. The molecule has 4 heteroatoms. The quantitative estimate of drug-likeness (QED) is 0.786. The van der Waals surface area contributed by atoms with Crippen LogP contribution in [0.4, 0.5) is 10.1 Å². The molecule has 0 radical (unpaired) electrons. The van der Waals surface area contributed by atoms with Crippen molar-refractivity contribution in [2.75, 3.05) is 18.0 Å². The highest BCUT2D eigenvalue weighted by Crippen LogP contribution is 2.26. The Morgan fingerprint density at radius 1 is 1.38 bits per heavy atom. The van der Waals surface area contributed by atoms with Crippen molar-refractivity contribution in [2.24, 2.45) is 0 Å². The summed E-state index contributed by atoms with van der Waals surface area (Å²) in [6.45, 7) is 2.19. The first-order chi connectivity index (χ1) is 7.83. The Morgan fingerprint density at radius 2 is 2.12 bits per heavy atom. The third-order valence-electron chi connectivity index (χ3n) is 2.90. The van der Waals surface area contributed by atoms with Gasteiger partial charge in [-0.05, 0) is 25.0 Å². The van der Waals surface area contributed by atoms with Gasteiger partial charge >= 0.3 is 0 Å². The Morgan fingerprint density at radius 3 is 2.81 bits per heavy atom. The summed E-state index contributed by atoms with van der Waals surface area (Å²) >= 11 is 0. The summed E-state index contributed by atoms with van der Waals surface area (Å²) < 4.78 is 13.6. The van der Waals surface area contributed by atoms with Crippen molar-refractivity contribution in [3.05, 3.63) is 29.6 Å². The third-order valence-corrected chi connectivity index (χ3v) is 2.90. The average Bonchev–Trinajstić information content (AvgIpc) is 2.80. The SMILES string of the molecule is O=CNCc1c(F)cccc1N1CCCC1. The number of anilines is 1. The monoisotopic (exact) mass is 222 g/mol. The number of halogens is 1. The van der Waals surface area contributed by atoms with E-state index in [4.69, 9.17) is 0 Å². The molecule has 0 atom stereocenters. The molecule has 0 spiro atoms. The molecule has 1 aliphatic rings. The van der Waals surface area contributed by atoms with E-state index in [1.165, 1.54) is 6.07 Å². The molecule has 0 aliphatic carbocycles. The van der Waals surface area contributed by atoms with Gasteiger partial charge in [-0.1, -0.05) is 6.07 Å². The van der Waals surface area contributed by atoms with Crippen LogP contribution in [-0.2, 0) is 11.3 Å². The molecule has 1 heterocycles. The van der Waals surface area contributed by atoms with Crippen LogP contribution in [0.25, 0.3) is 0 Å². The predicted molar refractivity (Wildman–Crippen MR) is 60.8 cm³/mol. The van der Waals surface area contributed by atoms with Crippen LogP contribution < -0.4 is 10.2 Å². The van der Waals surface area contributed by atoms with E-state index in [-0.39, 0.29) is 12.4 Å².